The molecule has 4 N–H and O–H groups in total. The minimum Gasteiger partial charge on any atom is -0.355 e. The fourth-order valence-electron chi connectivity index (χ4n) is 0.777. The molecule has 0 aliphatic heterocycles. The Morgan fingerprint density at radius 1 is 1.33 bits per heavy atom. The van der Waals surface area contributed by atoms with Gasteiger partial charge in [-0.25, -0.2) is 0 Å². The van der Waals surface area contributed by atoms with Crippen molar-refractivity contribution in [1.29, 1.82) is 0 Å². The number of nitrogens with two attached hydrogens (primary N) is 1. The highest BCUT2D eigenvalue weighted by Crippen LogP contribution is 2.07. The zero-order valence-electron chi connectivity index (χ0n) is 9.21. The summed E-state index contributed by atoms with van der Waals surface area (Å²) in [6.07, 6.45) is 0. The van der Waals surface area contributed by atoms with Crippen LogP contribution < -0.4 is 16.4 Å². The van der Waals surface area contributed by atoms with Crippen LogP contribution in [0, 0.1) is 0 Å². The van der Waals surface area contributed by atoms with Crippen molar-refractivity contribution in [2.45, 2.75) is 19.1 Å². The van der Waals surface area contributed by atoms with Crippen molar-refractivity contribution >= 4 is 23.6 Å². The average Bonchev–Trinajstić information content (AvgIpc) is 2.20. The quantitative estimate of drug-likeness (QED) is 0.509. The summed E-state index contributed by atoms with van der Waals surface area (Å²) >= 11 is 1.52. The second-order valence-electron chi connectivity index (χ2n) is 3.19. The van der Waals surface area contributed by atoms with E-state index in [1.807, 2.05) is 6.92 Å². The van der Waals surface area contributed by atoms with Crippen LogP contribution in [0.4, 0.5) is 0 Å². The Balaban J connectivity index is 3.37. The maximum Gasteiger partial charge on any atom is 0.230 e. The van der Waals surface area contributed by atoms with Gasteiger partial charge in [-0.2, -0.15) is 0 Å². The van der Waals surface area contributed by atoms with E-state index in [9.17, 15) is 9.59 Å². The number of carbonyl (C=O) groups is 2. The molecule has 88 valence electrons. The second-order valence-corrected chi connectivity index (χ2v) is 4.62. The first kappa shape index (κ1) is 14.2. The monoisotopic (exact) mass is 233 g/mol. The topological polar surface area (TPSA) is 84.2 Å². The molecule has 0 saturated carbocycles. The van der Waals surface area contributed by atoms with Gasteiger partial charge < -0.3 is 16.4 Å². The summed E-state index contributed by atoms with van der Waals surface area (Å²) in [4.78, 5) is 21.7. The fraction of sp³-hybridized carbons (Fsp3) is 0.778. The van der Waals surface area contributed by atoms with Crippen LogP contribution in [0.3, 0.4) is 0 Å². The molecule has 0 aliphatic carbocycles. The number of carbonyl (C=O) groups excluding carboxylic acids is 2. The Kier molecular flexibility index (Phi) is 8.12. The van der Waals surface area contributed by atoms with E-state index in [1.54, 1.807) is 0 Å². The van der Waals surface area contributed by atoms with Crippen LogP contribution in [-0.4, -0.2) is 42.5 Å². The molecule has 0 saturated heterocycles. The molecule has 0 aromatic rings. The summed E-state index contributed by atoms with van der Waals surface area (Å²) in [7, 11) is 0. The van der Waals surface area contributed by atoms with Gasteiger partial charge in [0.05, 0.1) is 5.75 Å². The van der Waals surface area contributed by atoms with Crippen molar-refractivity contribution in [2.24, 2.45) is 5.73 Å². The molecule has 2 amide bonds. The van der Waals surface area contributed by atoms with Gasteiger partial charge in [-0.3, -0.25) is 9.59 Å². The van der Waals surface area contributed by atoms with Gasteiger partial charge in [0.1, 0.15) is 0 Å². The summed E-state index contributed by atoms with van der Waals surface area (Å²) in [5.41, 5.74) is 5.41. The molecule has 1 atom stereocenters. The van der Waals surface area contributed by atoms with Gasteiger partial charge in [-0.1, -0.05) is 6.92 Å². The van der Waals surface area contributed by atoms with Crippen molar-refractivity contribution in [3.05, 3.63) is 0 Å². The van der Waals surface area contributed by atoms with E-state index in [0.29, 0.717) is 30.6 Å². The lowest BCUT2D eigenvalue weighted by Gasteiger charge is -2.08. The Morgan fingerprint density at radius 3 is 2.47 bits per heavy atom. The Bertz CT molecular complexity index is 212. The highest BCUT2D eigenvalue weighted by atomic mass is 32.2. The molecule has 0 spiro atoms. The zero-order chi connectivity index (χ0) is 11.7. The third-order valence-corrected chi connectivity index (χ3v) is 2.84. The molecule has 0 aromatic carbocycles. The molecular formula is C9H19N3O2S. The third kappa shape index (κ3) is 9.55. The molecule has 0 radical (unpaired) electrons. The van der Waals surface area contributed by atoms with Crippen molar-refractivity contribution in [2.75, 3.05) is 25.4 Å². The lowest BCUT2D eigenvalue weighted by atomic mass is 10.5. The molecule has 0 aliphatic rings. The predicted octanol–water partition coefficient (Wildman–Crippen LogP) is -0.681. The van der Waals surface area contributed by atoms with E-state index >= 15 is 0 Å². The third-order valence-electron chi connectivity index (χ3n) is 1.65. The van der Waals surface area contributed by atoms with Gasteiger partial charge in [0.15, 0.2) is 0 Å². The van der Waals surface area contributed by atoms with Gasteiger partial charge in [0.25, 0.3) is 0 Å². The molecular weight excluding hydrogens is 214 g/mol. The van der Waals surface area contributed by atoms with Crippen molar-refractivity contribution in [1.82, 2.24) is 10.6 Å². The number of nitrogens with one attached hydrogen (secondary N) is 2. The van der Waals surface area contributed by atoms with Crippen LogP contribution in [0.2, 0.25) is 0 Å². The molecule has 0 aromatic heterocycles. The number of hydrogen-bond donors (Lipinski definition) is 3. The van der Waals surface area contributed by atoms with Crippen molar-refractivity contribution in [3.63, 3.8) is 0 Å². The highest BCUT2D eigenvalue weighted by Gasteiger charge is 2.04. The predicted molar refractivity (Wildman–Crippen MR) is 62.7 cm³/mol. The van der Waals surface area contributed by atoms with E-state index in [-0.39, 0.29) is 11.8 Å². The standard InChI is InChI=1S/C9H19N3O2S/c1-7(5-10)15-6-9(14)12-4-3-11-8(2)13/h7H,3-6,10H2,1-2H3,(H,11,13)(H,12,14). The summed E-state index contributed by atoms with van der Waals surface area (Å²) in [6.45, 7) is 4.94. The minimum absolute atomic E-state index is 0.0225. The maximum atomic E-state index is 11.2. The van der Waals surface area contributed by atoms with Crippen LogP contribution >= 0.6 is 11.8 Å². The molecule has 0 fully saturated rings. The van der Waals surface area contributed by atoms with E-state index < -0.39 is 0 Å². The molecule has 0 rings (SSSR count). The number of rotatable bonds is 7. The summed E-state index contributed by atoms with van der Waals surface area (Å²) < 4.78 is 0. The lowest BCUT2D eigenvalue weighted by Crippen LogP contribution is -2.34. The normalized spacial score (nSPS) is 11.9. The van der Waals surface area contributed by atoms with Crippen molar-refractivity contribution < 1.29 is 9.59 Å². The summed E-state index contributed by atoms with van der Waals surface area (Å²) in [6, 6.07) is 0. The lowest BCUT2D eigenvalue weighted by molar-refractivity contribution is -0.120. The van der Waals surface area contributed by atoms with Crippen molar-refractivity contribution in [3.8, 4) is 0 Å². The summed E-state index contributed by atoms with van der Waals surface area (Å²) in [5, 5.41) is 5.60. The van der Waals surface area contributed by atoms with Crippen LogP contribution in [0.1, 0.15) is 13.8 Å². The number of thioether (sulfide) groups is 1. The molecule has 6 heteroatoms. The van der Waals surface area contributed by atoms with Crippen LogP contribution in [-0.2, 0) is 9.59 Å². The SMILES string of the molecule is CC(=O)NCCNC(=O)CSC(C)CN. The second kappa shape index (κ2) is 8.55. The Morgan fingerprint density at radius 2 is 1.93 bits per heavy atom. The number of amides is 2. The summed E-state index contributed by atoms with van der Waals surface area (Å²) in [5.74, 6) is 0.305. The van der Waals surface area contributed by atoms with Gasteiger partial charge >= 0.3 is 0 Å². The Hall–Kier alpha value is -0.750. The molecule has 15 heavy (non-hydrogen) atoms. The highest BCUT2D eigenvalue weighted by molar-refractivity contribution is 8.00. The molecule has 0 bridgehead atoms. The van der Waals surface area contributed by atoms with E-state index in [4.69, 9.17) is 5.73 Å². The van der Waals surface area contributed by atoms with Gasteiger partial charge in [0.2, 0.25) is 11.8 Å². The van der Waals surface area contributed by atoms with Gasteiger partial charge in [0, 0.05) is 31.8 Å². The first-order valence-corrected chi connectivity index (χ1v) is 5.94. The maximum absolute atomic E-state index is 11.2. The van der Waals surface area contributed by atoms with Gasteiger partial charge in [-0.05, 0) is 0 Å². The molecule has 1 unspecified atom stereocenters. The largest absolute Gasteiger partial charge is 0.355 e. The van der Waals surface area contributed by atoms with Gasteiger partial charge in [-0.15, -0.1) is 11.8 Å². The van der Waals surface area contributed by atoms with Crippen LogP contribution in [0.5, 0.6) is 0 Å². The van der Waals surface area contributed by atoms with Crippen LogP contribution in [0.15, 0.2) is 0 Å². The van der Waals surface area contributed by atoms with E-state index in [1.165, 1.54) is 18.7 Å². The first-order valence-electron chi connectivity index (χ1n) is 4.89. The minimum atomic E-state index is -0.0876. The van der Waals surface area contributed by atoms with E-state index in [0.717, 1.165) is 0 Å². The zero-order valence-corrected chi connectivity index (χ0v) is 10.0. The Labute approximate surface area is 94.5 Å². The average molecular weight is 233 g/mol. The molecule has 0 heterocycles. The number of hydrogen-bond acceptors (Lipinski definition) is 4. The van der Waals surface area contributed by atoms with Crippen LogP contribution in [0.25, 0.3) is 0 Å². The smallest absolute Gasteiger partial charge is 0.230 e. The fourth-order valence-corrected chi connectivity index (χ4v) is 1.45. The van der Waals surface area contributed by atoms with E-state index in [2.05, 4.69) is 10.6 Å². The molecule has 5 nitrogen and oxygen atoms in total. The first-order chi connectivity index (χ1) is 7.06.